The SMILES string of the molecule is O=S(=O)(NCC1CN(CCOc2cccc3ccccc23)C1)c1ccc2ccccc2c1. The van der Waals surface area contributed by atoms with E-state index in [2.05, 4.69) is 27.8 Å². The molecule has 5 rings (SSSR count). The third-order valence-electron chi connectivity index (χ3n) is 6.04. The summed E-state index contributed by atoms with van der Waals surface area (Å²) in [6.07, 6.45) is 0. The molecule has 1 aliphatic heterocycles. The molecule has 5 nitrogen and oxygen atoms in total. The van der Waals surface area contributed by atoms with Crippen molar-refractivity contribution in [1.29, 1.82) is 0 Å². The highest BCUT2D eigenvalue weighted by Crippen LogP contribution is 2.25. The summed E-state index contributed by atoms with van der Waals surface area (Å²) in [5.41, 5.74) is 0. The quantitative estimate of drug-likeness (QED) is 0.439. The Bertz CT molecular complexity index is 1340. The topological polar surface area (TPSA) is 58.6 Å². The van der Waals surface area contributed by atoms with E-state index in [1.807, 2.05) is 54.6 Å². The molecule has 0 radical (unpaired) electrons. The second-order valence-electron chi connectivity index (χ2n) is 8.31. The van der Waals surface area contributed by atoms with Crippen LogP contribution in [0.5, 0.6) is 5.75 Å². The van der Waals surface area contributed by atoms with E-state index in [0.717, 1.165) is 41.5 Å². The van der Waals surface area contributed by atoms with Gasteiger partial charge in [-0.15, -0.1) is 0 Å². The molecule has 1 heterocycles. The summed E-state index contributed by atoms with van der Waals surface area (Å²) < 4.78 is 34.2. The van der Waals surface area contributed by atoms with E-state index in [4.69, 9.17) is 4.74 Å². The molecular formula is C26H26N2O3S. The van der Waals surface area contributed by atoms with Crippen LogP contribution in [0.1, 0.15) is 0 Å². The smallest absolute Gasteiger partial charge is 0.240 e. The standard InChI is InChI=1S/C26H26N2O3S/c29-32(30,24-13-12-21-6-1-2-8-23(21)16-24)27-17-20-18-28(19-20)14-15-31-26-11-5-9-22-7-3-4-10-25(22)26/h1-13,16,20,27H,14-15,17-19H2. The first kappa shape index (κ1) is 20.9. The fraction of sp³-hybridized carbons (Fsp3) is 0.231. The monoisotopic (exact) mass is 446 g/mol. The molecule has 0 saturated carbocycles. The number of fused-ring (bicyclic) bond motifs is 2. The number of nitrogens with zero attached hydrogens (tertiary/aromatic N) is 1. The average molecular weight is 447 g/mol. The van der Waals surface area contributed by atoms with Gasteiger partial charge in [0.25, 0.3) is 0 Å². The summed E-state index contributed by atoms with van der Waals surface area (Å²) >= 11 is 0. The number of hydrogen-bond acceptors (Lipinski definition) is 4. The molecule has 32 heavy (non-hydrogen) atoms. The van der Waals surface area contributed by atoms with Crippen LogP contribution in [0.2, 0.25) is 0 Å². The molecule has 0 unspecified atom stereocenters. The predicted octanol–water partition coefficient (Wildman–Crippen LogP) is 4.28. The van der Waals surface area contributed by atoms with Gasteiger partial charge in [-0.2, -0.15) is 0 Å². The number of benzene rings is 4. The van der Waals surface area contributed by atoms with Gasteiger partial charge in [0.2, 0.25) is 10.0 Å². The molecule has 0 amide bonds. The molecule has 4 aromatic rings. The van der Waals surface area contributed by atoms with Crippen molar-refractivity contribution in [3.63, 3.8) is 0 Å². The summed E-state index contributed by atoms with van der Waals surface area (Å²) in [7, 11) is -3.51. The summed E-state index contributed by atoms with van der Waals surface area (Å²) in [5, 5.41) is 4.26. The number of hydrogen-bond donors (Lipinski definition) is 1. The van der Waals surface area contributed by atoms with Crippen LogP contribution in [-0.2, 0) is 10.0 Å². The minimum Gasteiger partial charge on any atom is -0.492 e. The second-order valence-corrected chi connectivity index (χ2v) is 10.1. The van der Waals surface area contributed by atoms with E-state index in [1.54, 1.807) is 12.1 Å². The maximum atomic E-state index is 12.7. The van der Waals surface area contributed by atoms with E-state index in [9.17, 15) is 8.42 Å². The molecule has 1 N–H and O–H groups in total. The van der Waals surface area contributed by atoms with Crippen LogP contribution in [0.25, 0.3) is 21.5 Å². The molecule has 1 saturated heterocycles. The maximum Gasteiger partial charge on any atom is 0.240 e. The van der Waals surface area contributed by atoms with Gasteiger partial charge in [-0.1, -0.05) is 66.7 Å². The average Bonchev–Trinajstić information content (AvgIpc) is 2.79. The van der Waals surface area contributed by atoms with E-state index in [0.29, 0.717) is 24.0 Å². The van der Waals surface area contributed by atoms with Crippen LogP contribution in [0.3, 0.4) is 0 Å². The molecule has 0 aromatic heterocycles. The summed E-state index contributed by atoms with van der Waals surface area (Å²) in [5.74, 6) is 1.23. The first-order valence-electron chi connectivity index (χ1n) is 10.9. The largest absolute Gasteiger partial charge is 0.492 e. The van der Waals surface area contributed by atoms with Crippen molar-refractivity contribution in [2.24, 2.45) is 5.92 Å². The van der Waals surface area contributed by atoms with Crippen LogP contribution in [-0.4, -0.2) is 46.1 Å². The Morgan fingerprint density at radius 1 is 0.844 bits per heavy atom. The van der Waals surface area contributed by atoms with Crippen LogP contribution in [0.15, 0.2) is 89.8 Å². The van der Waals surface area contributed by atoms with Crippen LogP contribution in [0, 0.1) is 5.92 Å². The third kappa shape index (κ3) is 4.48. The Kier molecular flexibility index (Phi) is 5.83. The zero-order chi connectivity index (χ0) is 22.0. The van der Waals surface area contributed by atoms with Gasteiger partial charge in [0.1, 0.15) is 12.4 Å². The molecule has 0 spiro atoms. The Labute approximate surface area is 188 Å². The molecule has 1 fully saturated rings. The molecule has 6 heteroatoms. The minimum absolute atomic E-state index is 0.316. The van der Waals surface area contributed by atoms with E-state index in [-0.39, 0.29) is 0 Å². The number of likely N-dealkylation sites (tertiary alicyclic amines) is 1. The van der Waals surface area contributed by atoms with Gasteiger partial charge >= 0.3 is 0 Å². The zero-order valence-electron chi connectivity index (χ0n) is 17.8. The molecule has 164 valence electrons. The van der Waals surface area contributed by atoms with Crippen LogP contribution in [0.4, 0.5) is 0 Å². The number of rotatable bonds is 8. The third-order valence-corrected chi connectivity index (χ3v) is 7.46. The summed E-state index contributed by atoms with van der Waals surface area (Å²) in [6.45, 7) is 3.65. The van der Waals surface area contributed by atoms with Crippen molar-refractivity contribution < 1.29 is 13.2 Å². The Hall–Kier alpha value is -2.93. The molecule has 0 aliphatic carbocycles. The lowest BCUT2D eigenvalue weighted by molar-refractivity contribution is 0.0857. The molecule has 1 aliphatic rings. The van der Waals surface area contributed by atoms with Crippen LogP contribution < -0.4 is 9.46 Å². The van der Waals surface area contributed by atoms with Crippen molar-refractivity contribution >= 4 is 31.6 Å². The molecule has 0 atom stereocenters. The normalized spacial score (nSPS) is 15.1. The Morgan fingerprint density at radius 2 is 1.56 bits per heavy atom. The van der Waals surface area contributed by atoms with Gasteiger partial charge in [-0.25, -0.2) is 13.1 Å². The lowest BCUT2D eigenvalue weighted by Crippen LogP contribution is -2.52. The molecule has 0 bridgehead atoms. The Balaban J connectivity index is 1.09. The molecule has 4 aromatic carbocycles. The van der Waals surface area contributed by atoms with E-state index in [1.165, 1.54) is 5.39 Å². The summed E-state index contributed by atoms with van der Waals surface area (Å²) in [4.78, 5) is 2.61. The number of nitrogens with one attached hydrogen (secondary N) is 1. The highest BCUT2D eigenvalue weighted by molar-refractivity contribution is 7.89. The highest BCUT2D eigenvalue weighted by Gasteiger charge is 2.28. The van der Waals surface area contributed by atoms with Crippen molar-refractivity contribution in [2.45, 2.75) is 4.90 Å². The first-order chi connectivity index (χ1) is 15.6. The lowest BCUT2D eigenvalue weighted by atomic mass is 10.0. The van der Waals surface area contributed by atoms with Crippen molar-refractivity contribution in [2.75, 3.05) is 32.8 Å². The number of sulfonamides is 1. The van der Waals surface area contributed by atoms with Gasteiger partial charge < -0.3 is 4.74 Å². The first-order valence-corrected chi connectivity index (χ1v) is 12.4. The predicted molar refractivity (Wildman–Crippen MR) is 129 cm³/mol. The van der Waals surface area contributed by atoms with Crippen LogP contribution >= 0.6 is 0 Å². The van der Waals surface area contributed by atoms with E-state index < -0.39 is 10.0 Å². The van der Waals surface area contributed by atoms with E-state index >= 15 is 0 Å². The van der Waals surface area contributed by atoms with Gasteiger partial charge in [0.05, 0.1) is 4.90 Å². The van der Waals surface area contributed by atoms with Gasteiger partial charge in [-0.05, 0) is 40.3 Å². The van der Waals surface area contributed by atoms with Gasteiger partial charge in [0, 0.05) is 31.6 Å². The maximum absolute atomic E-state index is 12.7. The molecular weight excluding hydrogens is 420 g/mol. The van der Waals surface area contributed by atoms with Crippen molar-refractivity contribution in [3.8, 4) is 5.75 Å². The highest BCUT2D eigenvalue weighted by atomic mass is 32.2. The summed E-state index contributed by atoms with van der Waals surface area (Å²) in [6, 6.07) is 27.3. The zero-order valence-corrected chi connectivity index (χ0v) is 18.6. The fourth-order valence-corrected chi connectivity index (χ4v) is 5.39. The Morgan fingerprint density at radius 3 is 2.41 bits per heavy atom. The second kappa shape index (κ2) is 8.90. The van der Waals surface area contributed by atoms with Crippen molar-refractivity contribution in [3.05, 3.63) is 84.9 Å². The van der Waals surface area contributed by atoms with Gasteiger partial charge in [0.15, 0.2) is 0 Å². The number of ether oxygens (including phenoxy) is 1. The minimum atomic E-state index is -3.51. The fourth-order valence-electron chi connectivity index (χ4n) is 4.24. The van der Waals surface area contributed by atoms with Crippen molar-refractivity contribution in [1.82, 2.24) is 9.62 Å². The van der Waals surface area contributed by atoms with Gasteiger partial charge in [-0.3, -0.25) is 4.90 Å². The lowest BCUT2D eigenvalue weighted by Gasteiger charge is -2.39.